The van der Waals surface area contributed by atoms with Gasteiger partial charge in [-0.2, -0.15) is 0 Å². The van der Waals surface area contributed by atoms with Gasteiger partial charge in [0.25, 0.3) is 0 Å². The van der Waals surface area contributed by atoms with Crippen LogP contribution < -0.4 is 0 Å². The minimum atomic E-state index is 0.205. The van der Waals surface area contributed by atoms with Crippen molar-refractivity contribution in [1.29, 1.82) is 0 Å². The first-order valence-corrected chi connectivity index (χ1v) is 6.37. The molecule has 0 fully saturated rings. The largest absolute Gasteiger partial charge is 0.295 e. The summed E-state index contributed by atoms with van der Waals surface area (Å²) in [5, 5.41) is 0. The Labute approximate surface area is 99.6 Å². The molecule has 1 atom stereocenters. The molecule has 0 amide bonds. The predicted octanol–water partition coefficient (Wildman–Crippen LogP) is 4.29. The molecule has 90 valence electrons. The molecule has 0 aromatic carbocycles. The van der Waals surface area contributed by atoms with Crippen LogP contribution in [0.1, 0.15) is 53.4 Å². The average Bonchev–Trinajstić information content (AvgIpc) is 2.16. The van der Waals surface area contributed by atoms with Gasteiger partial charge in [-0.3, -0.25) is 4.79 Å². The van der Waals surface area contributed by atoms with Crippen LogP contribution in [0, 0.1) is 11.8 Å². The summed E-state index contributed by atoms with van der Waals surface area (Å²) in [6.07, 6.45) is 8.37. The molecule has 16 heavy (non-hydrogen) atoms. The minimum Gasteiger partial charge on any atom is -0.295 e. The Bertz CT molecular complexity index is 307. The highest BCUT2D eigenvalue weighted by atomic mass is 16.1. The number of ketones is 1. The lowest BCUT2D eigenvalue weighted by Crippen LogP contribution is -2.19. The van der Waals surface area contributed by atoms with Crippen LogP contribution in [0.3, 0.4) is 0 Å². The van der Waals surface area contributed by atoms with Gasteiger partial charge in [-0.05, 0) is 51.5 Å². The van der Waals surface area contributed by atoms with Crippen molar-refractivity contribution in [3.8, 4) is 0 Å². The van der Waals surface area contributed by atoms with Gasteiger partial charge in [-0.25, -0.2) is 0 Å². The molecule has 0 bridgehead atoms. The number of allylic oxidation sites excluding steroid dienone is 4. The summed E-state index contributed by atoms with van der Waals surface area (Å²) >= 11 is 0. The van der Waals surface area contributed by atoms with Crippen molar-refractivity contribution in [3.63, 3.8) is 0 Å². The summed E-state index contributed by atoms with van der Waals surface area (Å²) in [6.45, 7) is 8.55. The lowest BCUT2D eigenvalue weighted by Gasteiger charge is -2.19. The van der Waals surface area contributed by atoms with E-state index >= 15 is 0 Å². The monoisotopic (exact) mass is 220 g/mol. The van der Waals surface area contributed by atoms with E-state index in [1.54, 1.807) is 0 Å². The molecule has 0 saturated carbocycles. The van der Waals surface area contributed by atoms with Crippen molar-refractivity contribution in [2.24, 2.45) is 11.8 Å². The molecular formula is C15H24O. The van der Waals surface area contributed by atoms with Crippen LogP contribution in [-0.4, -0.2) is 5.78 Å². The highest BCUT2D eigenvalue weighted by Gasteiger charge is 2.20. The Morgan fingerprint density at radius 2 is 1.88 bits per heavy atom. The van der Waals surface area contributed by atoms with Crippen LogP contribution in [0.25, 0.3) is 0 Å². The number of hydrogen-bond donors (Lipinski definition) is 0. The molecule has 0 N–H and O–H groups in total. The van der Waals surface area contributed by atoms with E-state index in [1.807, 2.05) is 6.08 Å². The zero-order chi connectivity index (χ0) is 12.1. The second-order valence-electron chi connectivity index (χ2n) is 5.37. The van der Waals surface area contributed by atoms with Gasteiger partial charge in [0, 0.05) is 5.92 Å². The molecular weight excluding hydrogens is 196 g/mol. The van der Waals surface area contributed by atoms with Gasteiger partial charge in [0.1, 0.15) is 0 Å². The lowest BCUT2D eigenvalue weighted by atomic mass is 9.84. The van der Waals surface area contributed by atoms with Crippen molar-refractivity contribution in [3.05, 3.63) is 23.3 Å². The van der Waals surface area contributed by atoms with Crippen LogP contribution in [0.15, 0.2) is 23.3 Å². The number of hydrogen-bond acceptors (Lipinski definition) is 1. The predicted molar refractivity (Wildman–Crippen MR) is 69.3 cm³/mol. The van der Waals surface area contributed by atoms with E-state index in [9.17, 15) is 4.79 Å². The summed E-state index contributed by atoms with van der Waals surface area (Å²) in [4.78, 5) is 12.1. The Balaban J connectivity index is 2.85. The Morgan fingerprint density at radius 3 is 2.50 bits per heavy atom. The molecule has 1 nitrogen and oxygen atoms in total. The lowest BCUT2D eigenvalue weighted by molar-refractivity contribution is -0.119. The highest BCUT2D eigenvalue weighted by Crippen LogP contribution is 2.24. The van der Waals surface area contributed by atoms with Crippen molar-refractivity contribution < 1.29 is 4.79 Å². The molecule has 0 saturated heterocycles. The van der Waals surface area contributed by atoms with Gasteiger partial charge in [-0.15, -0.1) is 0 Å². The van der Waals surface area contributed by atoms with Crippen LogP contribution in [0.5, 0.6) is 0 Å². The van der Waals surface area contributed by atoms with E-state index < -0.39 is 0 Å². The van der Waals surface area contributed by atoms with Crippen LogP contribution in [0.4, 0.5) is 0 Å². The van der Waals surface area contributed by atoms with Gasteiger partial charge >= 0.3 is 0 Å². The fourth-order valence-corrected chi connectivity index (χ4v) is 2.26. The topological polar surface area (TPSA) is 17.1 Å². The minimum absolute atomic E-state index is 0.205. The van der Waals surface area contributed by atoms with Crippen molar-refractivity contribution in [2.75, 3.05) is 0 Å². The van der Waals surface area contributed by atoms with Gasteiger partial charge in [0.2, 0.25) is 0 Å². The molecule has 0 aromatic heterocycles. The van der Waals surface area contributed by atoms with E-state index in [-0.39, 0.29) is 5.92 Å². The highest BCUT2D eigenvalue weighted by molar-refractivity contribution is 5.92. The fraction of sp³-hybridized carbons (Fsp3) is 0.667. The standard InChI is InChI=1S/C15H24O/c1-11(2)14-9-8-12(3)6-5-7-13(4)10-15(14)16/h6,10-11,14H,5,7-9H2,1-4H3/b12-6+,13-10+. The molecule has 0 aliphatic heterocycles. The normalized spacial score (nSPS) is 30.6. The number of carbonyl (C=O) groups is 1. The van der Waals surface area contributed by atoms with Crippen molar-refractivity contribution in [2.45, 2.75) is 53.4 Å². The van der Waals surface area contributed by atoms with E-state index in [4.69, 9.17) is 0 Å². The molecule has 0 heterocycles. The maximum atomic E-state index is 12.1. The zero-order valence-electron chi connectivity index (χ0n) is 11.0. The van der Waals surface area contributed by atoms with Gasteiger partial charge in [-0.1, -0.05) is 31.1 Å². The number of rotatable bonds is 1. The summed E-state index contributed by atoms with van der Waals surface area (Å²) in [5.41, 5.74) is 2.66. The summed E-state index contributed by atoms with van der Waals surface area (Å²) in [7, 11) is 0. The van der Waals surface area contributed by atoms with E-state index in [0.717, 1.165) is 25.7 Å². The molecule has 1 aliphatic carbocycles. The second kappa shape index (κ2) is 6.03. The molecule has 0 aromatic rings. The van der Waals surface area contributed by atoms with E-state index in [2.05, 4.69) is 33.8 Å². The SMILES string of the molecule is C/C1=C\C(=O)C(C(C)C)CC/C(C)=C/CC1. The average molecular weight is 220 g/mol. The third-order valence-electron chi connectivity index (χ3n) is 3.44. The first-order valence-electron chi connectivity index (χ1n) is 6.37. The van der Waals surface area contributed by atoms with Gasteiger partial charge < -0.3 is 0 Å². The fourth-order valence-electron chi connectivity index (χ4n) is 2.26. The van der Waals surface area contributed by atoms with Gasteiger partial charge in [0.05, 0.1) is 0 Å². The van der Waals surface area contributed by atoms with Crippen LogP contribution in [0.2, 0.25) is 0 Å². The van der Waals surface area contributed by atoms with Crippen molar-refractivity contribution in [1.82, 2.24) is 0 Å². The third-order valence-corrected chi connectivity index (χ3v) is 3.44. The maximum Gasteiger partial charge on any atom is 0.158 e. The second-order valence-corrected chi connectivity index (χ2v) is 5.37. The molecule has 1 rings (SSSR count). The van der Waals surface area contributed by atoms with E-state index in [1.165, 1.54) is 11.1 Å². The summed E-state index contributed by atoms with van der Waals surface area (Å²) < 4.78 is 0. The number of carbonyl (C=O) groups excluding carboxylic acids is 1. The van der Waals surface area contributed by atoms with Gasteiger partial charge in [0.15, 0.2) is 5.78 Å². The molecule has 0 spiro atoms. The van der Waals surface area contributed by atoms with Crippen LogP contribution >= 0.6 is 0 Å². The maximum absolute atomic E-state index is 12.1. The third kappa shape index (κ3) is 3.96. The quantitative estimate of drug-likeness (QED) is 0.602. The first-order chi connectivity index (χ1) is 7.50. The smallest absolute Gasteiger partial charge is 0.158 e. The Hall–Kier alpha value is -0.850. The zero-order valence-corrected chi connectivity index (χ0v) is 11.0. The Kier molecular flexibility index (Phi) is 4.98. The molecule has 1 heteroatoms. The van der Waals surface area contributed by atoms with Crippen molar-refractivity contribution >= 4 is 5.78 Å². The molecule has 0 radical (unpaired) electrons. The van der Waals surface area contributed by atoms with E-state index in [0.29, 0.717) is 11.7 Å². The Morgan fingerprint density at radius 1 is 1.19 bits per heavy atom. The van der Waals surface area contributed by atoms with Crippen LogP contribution in [-0.2, 0) is 4.79 Å². The molecule has 1 aliphatic rings. The first kappa shape index (κ1) is 13.2. The summed E-state index contributed by atoms with van der Waals surface area (Å²) in [5.74, 6) is 0.988. The summed E-state index contributed by atoms with van der Waals surface area (Å²) in [6, 6.07) is 0. The molecule has 1 unspecified atom stereocenters.